The summed E-state index contributed by atoms with van der Waals surface area (Å²) in [4.78, 5) is 37.0. The maximum atomic E-state index is 13.0. The highest BCUT2D eigenvalue weighted by Crippen LogP contribution is 2.25. The molecule has 0 saturated carbocycles. The first-order valence-electron chi connectivity index (χ1n) is 8.72. The number of rotatable bonds is 7. The summed E-state index contributed by atoms with van der Waals surface area (Å²) in [7, 11) is 0. The number of carbonyl (C=O) groups excluding carboxylic acids is 2. The summed E-state index contributed by atoms with van der Waals surface area (Å²) in [5, 5.41) is 11.4. The average Bonchev–Trinajstić information content (AvgIpc) is 3.07. The largest absolute Gasteiger partial charge is 0.482 e. The molecule has 0 aliphatic carbocycles. The molecule has 1 saturated heterocycles. The van der Waals surface area contributed by atoms with Gasteiger partial charge in [-0.1, -0.05) is 12.1 Å². The van der Waals surface area contributed by atoms with E-state index in [4.69, 9.17) is 9.84 Å². The van der Waals surface area contributed by atoms with Gasteiger partial charge >= 0.3 is 5.97 Å². The Bertz CT molecular complexity index is 884. The van der Waals surface area contributed by atoms with E-state index in [1.807, 2.05) is 0 Å². The first-order valence-corrected chi connectivity index (χ1v) is 8.72. The van der Waals surface area contributed by atoms with Crippen LogP contribution in [0.2, 0.25) is 0 Å². The Balaban J connectivity index is 1.57. The van der Waals surface area contributed by atoms with Crippen LogP contribution in [0.3, 0.4) is 0 Å². The minimum atomic E-state index is -1.08. The van der Waals surface area contributed by atoms with E-state index in [1.165, 1.54) is 29.2 Å². The van der Waals surface area contributed by atoms with Gasteiger partial charge in [-0.15, -0.1) is 0 Å². The van der Waals surface area contributed by atoms with E-state index in [2.05, 4.69) is 5.32 Å². The van der Waals surface area contributed by atoms with Crippen LogP contribution in [0.4, 0.5) is 10.1 Å². The molecule has 2 aromatic rings. The molecule has 146 valence electrons. The molecule has 1 fully saturated rings. The first kappa shape index (κ1) is 19.3. The highest BCUT2D eigenvalue weighted by molar-refractivity contribution is 6.09. The van der Waals surface area contributed by atoms with Crippen LogP contribution in [0.5, 0.6) is 5.75 Å². The third kappa shape index (κ3) is 4.64. The van der Waals surface area contributed by atoms with E-state index in [0.29, 0.717) is 24.4 Å². The second kappa shape index (κ2) is 8.51. The van der Waals surface area contributed by atoms with Crippen LogP contribution in [-0.2, 0) is 20.9 Å². The Morgan fingerprint density at radius 1 is 1.21 bits per heavy atom. The minimum Gasteiger partial charge on any atom is -0.482 e. The SMILES string of the molecule is O=C(O)COc1cccc(CNC(=O)C2CCN(c3ccc(F)cc3)C2=O)c1. The van der Waals surface area contributed by atoms with Crippen molar-refractivity contribution in [2.45, 2.75) is 13.0 Å². The van der Waals surface area contributed by atoms with Gasteiger partial charge in [0.2, 0.25) is 11.8 Å². The molecule has 3 rings (SSSR count). The fraction of sp³-hybridized carbons (Fsp3) is 0.250. The van der Waals surface area contributed by atoms with Crippen LogP contribution in [0.15, 0.2) is 48.5 Å². The van der Waals surface area contributed by atoms with Crippen molar-refractivity contribution < 1.29 is 28.6 Å². The summed E-state index contributed by atoms with van der Waals surface area (Å²) >= 11 is 0. The van der Waals surface area contributed by atoms with E-state index in [0.717, 1.165) is 5.56 Å². The van der Waals surface area contributed by atoms with E-state index in [9.17, 15) is 18.8 Å². The molecule has 8 heteroatoms. The van der Waals surface area contributed by atoms with Crippen molar-refractivity contribution in [3.8, 4) is 5.75 Å². The molecule has 1 atom stereocenters. The fourth-order valence-corrected chi connectivity index (χ4v) is 3.00. The maximum absolute atomic E-state index is 13.0. The molecule has 0 spiro atoms. The summed E-state index contributed by atoms with van der Waals surface area (Å²) in [5.41, 5.74) is 1.28. The Morgan fingerprint density at radius 2 is 1.96 bits per heavy atom. The number of anilines is 1. The molecule has 0 radical (unpaired) electrons. The molecule has 1 unspecified atom stereocenters. The summed E-state index contributed by atoms with van der Waals surface area (Å²) in [5.74, 6) is -2.58. The number of hydrogen-bond acceptors (Lipinski definition) is 4. The number of amides is 2. The number of halogens is 1. The molecule has 0 aromatic heterocycles. The lowest BCUT2D eigenvalue weighted by molar-refractivity contribution is -0.139. The van der Waals surface area contributed by atoms with Crippen molar-refractivity contribution in [1.29, 1.82) is 0 Å². The molecule has 0 bridgehead atoms. The van der Waals surface area contributed by atoms with Crippen LogP contribution in [-0.4, -0.2) is 36.0 Å². The Morgan fingerprint density at radius 3 is 2.68 bits per heavy atom. The quantitative estimate of drug-likeness (QED) is 0.710. The van der Waals surface area contributed by atoms with E-state index >= 15 is 0 Å². The van der Waals surface area contributed by atoms with Crippen LogP contribution in [0.25, 0.3) is 0 Å². The third-order valence-corrected chi connectivity index (χ3v) is 4.39. The van der Waals surface area contributed by atoms with Crippen molar-refractivity contribution in [2.75, 3.05) is 18.1 Å². The normalized spacial score (nSPS) is 16.1. The first-order chi connectivity index (χ1) is 13.4. The zero-order valence-corrected chi connectivity index (χ0v) is 14.9. The zero-order chi connectivity index (χ0) is 20.1. The number of nitrogens with zero attached hydrogens (tertiary/aromatic N) is 1. The summed E-state index contributed by atoms with van der Waals surface area (Å²) < 4.78 is 18.2. The zero-order valence-electron chi connectivity index (χ0n) is 14.9. The van der Waals surface area contributed by atoms with Crippen molar-refractivity contribution >= 4 is 23.5 Å². The van der Waals surface area contributed by atoms with Gasteiger partial charge in [0, 0.05) is 18.8 Å². The van der Waals surface area contributed by atoms with Gasteiger partial charge in [-0.2, -0.15) is 0 Å². The molecule has 28 heavy (non-hydrogen) atoms. The predicted molar refractivity (Wildman–Crippen MR) is 98.3 cm³/mol. The average molecular weight is 386 g/mol. The molecule has 7 nitrogen and oxygen atoms in total. The molecule has 2 aromatic carbocycles. The second-order valence-corrected chi connectivity index (χ2v) is 6.36. The van der Waals surface area contributed by atoms with Gasteiger partial charge in [-0.05, 0) is 48.4 Å². The lowest BCUT2D eigenvalue weighted by Crippen LogP contribution is -2.36. The van der Waals surface area contributed by atoms with E-state index in [1.54, 1.807) is 24.3 Å². The lowest BCUT2D eigenvalue weighted by atomic mass is 10.1. The fourth-order valence-electron chi connectivity index (χ4n) is 3.00. The molecule has 1 aliphatic heterocycles. The summed E-state index contributed by atoms with van der Waals surface area (Å²) in [6.45, 7) is 0.121. The van der Waals surface area contributed by atoms with Crippen molar-refractivity contribution in [3.63, 3.8) is 0 Å². The molecule has 1 heterocycles. The maximum Gasteiger partial charge on any atom is 0.341 e. The Labute approximate surface area is 160 Å². The lowest BCUT2D eigenvalue weighted by Gasteiger charge is -2.16. The number of carbonyl (C=O) groups is 3. The molecule has 2 amide bonds. The number of carboxylic acid groups (broad SMARTS) is 1. The third-order valence-electron chi connectivity index (χ3n) is 4.39. The summed E-state index contributed by atoms with van der Waals surface area (Å²) in [6.07, 6.45) is 0.379. The van der Waals surface area contributed by atoms with Crippen molar-refractivity contribution in [3.05, 3.63) is 59.9 Å². The summed E-state index contributed by atoms with van der Waals surface area (Å²) in [6, 6.07) is 12.3. The second-order valence-electron chi connectivity index (χ2n) is 6.36. The number of nitrogens with one attached hydrogen (secondary N) is 1. The van der Waals surface area contributed by atoms with Gasteiger partial charge in [0.15, 0.2) is 6.61 Å². The molecular formula is C20H19FN2O5. The van der Waals surface area contributed by atoms with Gasteiger partial charge in [0.05, 0.1) is 0 Å². The number of aliphatic carboxylic acids is 1. The van der Waals surface area contributed by atoms with Crippen LogP contribution in [0.1, 0.15) is 12.0 Å². The Hall–Kier alpha value is -3.42. The topological polar surface area (TPSA) is 95.9 Å². The molecule has 2 N–H and O–H groups in total. The van der Waals surface area contributed by atoms with E-state index in [-0.39, 0.29) is 24.2 Å². The van der Waals surface area contributed by atoms with Gasteiger partial charge < -0.3 is 20.1 Å². The van der Waals surface area contributed by atoms with Crippen LogP contribution < -0.4 is 15.0 Å². The van der Waals surface area contributed by atoms with Gasteiger partial charge in [-0.25, -0.2) is 9.18 Å². The molecular weight excluding hydrogens is 367 g/mol. The van der Waals surface area contributed by atoms with Gasteiger partial charge in [-0.3, -0.25) is 9.59 Å². The minimum absolute atomic E-state index is 0.184. The Kier molecular flexibility index (Phi) is 5.88. The van der Waals surface area contributed by atoms with Gasteiger partial charge in [0.25, 0.3) is 0 Å². The number of carboxylic acids is 1. The van der Waals surface area contributed by atoms with Crippen LogP contribution in [0, 0.1) is 11.7 Å². The number of ether oxygens (including phenoxy) is 1. The highest BCUT2D eigenvalue weighted by Gasteiger charge is 2.37. The number of benzene rings is 2. The smallest absolute Gasteiger partial charge is 0.341 e. The van der Waals surface area contributed by atoms with Gasteiger partial charge in [0.1, 0.15) is 17.5 Å². The predicted octanol–water partition coefficient (Wildman–Crippen LogP) is 1.96. The van der Waals surface area contributed by atoms with Crippen molar-refractivity contribution in [2.24, 2.45) is 5.92 Å². The molecule has 1 aliphatic rings. The van der Waals surface area contributed by atoms with Crippen LogP contribution >= 0.6 is 0 Å². The highest BCUT2D eigenvalue weighted by atomic mass is 19.1. The monoisotopic (exact) mass is 386 g/mol. The number of hydrogen-bond donors (Lipinski definition) is 2. The van der Waals surface area contributed by atoms with E-state index < -0.39 is 18.5 Å². The van der Waals surface area contributed by atoms with Crippen molar-refractivity contribution in [1.82, 2.24) is 5.32 Å². The standard InChI is InChI=1S/C20H19FN2O5/c21-14-4-6-15(7-5-14)23-9-8-17(20(23)27)19(26)22-11-13-2-1-3-16(10-13)28-12-18(24)25/h1-7,10,17H,8-9,11-12H2,(H,22,26)(H,24,25).